The molecule has 1 aromatic heterocycles. The normalized spacial score (nSPS) is 11.5. The van der Waals surface area contributed by atoms with Gasteiger partial charge in [0, 0.05) is 33.1 Å². The first-order valence-electron chi connectivity index (χ1n) is 17.8. The molecule has 0 saturated carbocycles. The first-order chi connectivity index (χ1) is 25.8. The summed E-state index contributed by atoms with van der Waals surface area (Å²) in [5, 5.41) is 7.09. The molecule has 0 spiro atoms. The molecule has 0 bridgehead atoms. The second-order valence-electron chi connectivity index (χ2n) is 13.3. The van der Waals surface area contributed by atoms with E-state index in [0.717, 1.165) is 55.5 Å². The monoisotopic (exact) mass is 663 g/mol. The zero-order valence-electron chi connectivity index (χ0n) is 28.4. The second kappa shape index (κ2) is 12.5. The first-order valence-corrected chi connectivity index (χ1v) is 17.8. The Morgan fingerprint density at radius 1 is 0.327 bits per heavy atom. The number of fused-ring (bicyclic) bond motifs is 6. The Hall–Kier alpha value is -6.90. The van der Waals surface area contributed by atoms with Crippen LogP contribution in [-0.4, -0.2) is 0 Å². The van der Waals surface area contributed by atoms with Crippen molar-refractivity contribution < 1.29 is 4.42 Å². The Morgan fingerprint density at radius 2 is 0.942 bits per heavy atom. The van der Waals surface area contributed by atoms with Crippen LogP contribution in [0.15, 0.2) is 205 Å². The molecule has 2 heteroatoms. The molecule has 0 unspecified atom stereocenters. The van der Waals surface area contributed by atoms with Crippen LogP contribution in [0.2, 0.25) is 0 Å². The van der Waals surface area contributed by atoms with Gasteiger partial charge < -0.3 is 9.32 Å². The summed E-state index contributed by atoms with van der Waals surface area (Å²) < 4.78 is 6.46. The second-order valence-corrected chi connectivity index (χ2v) is 13.3. The predicted octanol–water partition coefficient (Wildman–Crippen LogP) is 14.4. The molecule has 0 fully saturated rings. The Kier molecular flexibility index (Phi) is 7.18. The van der Waals surface area contributed by atoms with E-state index >= 15 is 0 Å². The molecule has 10 rings (SSSR count). The molecule has 0 atom stereocenters. The van der Waals surface area contributed by atoms with Crippen LogP contribution in [0.25, 0.3) is 76.9 Å². The Balaban J connectivity index is 1.06. The molecule has 0 aliphatic carbocycles. The minimum Gasteiger partial charge on any atom is -0.455 e. The SMILES string of the molecule is c1ccc(N(c2ccc(-c3cccc(-c4cccc5ccccc45)c3)cc2)c2ccccc2-c2ccc3oc4c5ccccc5ccc4c3c2)cc1. The number of benzene rings is 9. The minimum absolute atomic E-state index is 0.896. The van der Waals surface area contributed by atoms with Crippen molar-refractivity contribution >= 4 is 60.5 Å². The lowest BCUT2D eigenvalue weighted by Gasteiger charge is -2.28. The predicted molar refractivity (Wildman–Crippen MR) is 220 cm³/mol. The maximum Gasteiger partial charge on any atom is 0.143 e. The van der Waals surface area contributed by atoms with E-state index in [1.165, 1.54) is 38.4 Å². The maximum atomic E-state index is 6.46. The van der Waals surface area contributed by atoms with Gasteiger partial charge >= 0.3 is 0 Å². The number of hydrogen-bond acceptors (Lipinski definition) is 2. The van der Waals surface area contributed by atoms with Gasteiger partial charge in [-0.05, 0) is 98.6 Å². The highest BCUT2D eigenvalue weighted by molar-refractivity contribution is 6.15. The van der Waals surface area contributed by atoms with Crippen molar-refractivity contribution in [2.45, 2.75) is 0 Å². The number of anilines is 3. The third-order valence-electron chi connectivity index (χ3n) is 10.3. The van der Waals surface area contributed by atoms with E-state index in [-0.39, 0.29) is 0 Å². The van der Waals surface area contributed by atoms with Crippen LogP contribution in [0.3, 0.4) is 0 Å². The van der Waals surface area contributed by atoms with E-state index in [1.54, 1.807) is 0 Å². The van der Waals surface area contributed by atoms with Crippen molar-refractivity contribution in [2.75, 3.05) is 4.90 Å². The van der Waals surface area contributed by atoms with Crippen molar-refractivity contribution in [3.8, 4) is 33.4 Å². The lowest BCUT2D eigenvalue weighted by atomic mass is 9.95. The standard InChI is InChI=1S/C50H33NO/c1-2-17-40(18-3-1)51(41-28-24-34(25-29-41)37-15-10-16-38(32-37)43-22-11-14-35-12-4-6-19-42(35)43)48-23-9-8-20-44(48)39-27-31-49-47(33-39)46-30-26-36-13-5-7-21-45(36)50(46)52-49/h1-33H. The maximum absolute atomic E-state index is 6.46. The molecular weight excluding hydrogens is 631 g/mol. The zero-order valence-corrected chi connectivity index (χ0v) is 28.4. The van der Waals surface area contributed by atoms with Gasteiger partial charge in [-0.15, -0.1) is 0 Å². The van der Waals surface area contributed by atoms with Crippen LogP contribution >= 0.6 is 0 Å². The van der Waals surface area contributed by atoms with Gasteiger partial charge in [0.2, 0.25) is 0 Å². The topological polar surface area (TPSA) is 16.4 Å². The highest BCUT2D eigenvalue weighted by Crippen LogP contribution is 2.43. The highest BCUT2D eigenvalue weighted by Gasteiger charge is 2.19. The van der Waals surface area contributed by atoms with Gasteiger partial charge in [-0.25, -0.2) is 0 Å². The summed E-state index contributed by atoms with van der Waals surface area (Å²) in [4.78, 5) is 2.36. The van der Waals surface area contributed by atoms with E-state index in [0.29, 0.717) is 0 Å². The van der Waals surface area contributed by atoms with Gasteiger partial charge in [0.05, 0.1) is 5.69 Å². The lowest BCUT2D eigenvalue weighted by molar-refractivity contribution is 0.672. The summed E-state index contributed by atoms with van der Waals surface area (Å²) in [6.45, 7) is 0. The Labute approximate surface area is 302 Å². The molecule has 0 aliphatic rings. The highest BCUT2D eigenvalue weighted by atomic mass is 16.3. The van der Waals surface area contributed by atoms with Gasteiger partial charge in [-0.3, -0.25) is 0 Å². The van der Waals surface area contributed by atoms with Crippen molar-refractivity contribution in [1.29, 1.82) is 0 Å². The van der Waals surface area contributed by atoms with Crippen LogP contribution in [0.5, 0.6) is 0 Å². The molecule has 244 valence electrons. The van der Waals surface area contributed by atoms with Crippen LogP contribution in [0.1, 0.15) is 0 Å². The Bertz CT molecular complexity index is 2900. The molecule has 9 aromatic carbocycles. The lowest BCUT2D eigenvalue weighted by Crippen LogP contribution is -2.11. The minimum atomic E-state index is 0.896. The number of hydrogen-bond donors (Lipinski definition) is 0. The smallest absolute Gasteiger partial charge is 0.143 e. The van der Waals surface area contributed by atoms with Crippen molar-refractivity contribution in [3.05, 3.63) is 200 Å². The number of nitrogens with zero attached hydrogens (tertiary/aromatic N) is 1. The average molecular weight is 664 g/mol. The van der Waals surface area contributed by atoms with Crippen LogP contribution in [0, 0.1) is 0 Å². The molecule has 0 saturated heterocycles. The van der Waals surface area contributed by atoms with E-state index in [2.05, 4.69) is 205 Å². The van der Waals surface area contributed by atoms with Gasteiger partial charge in [-0.2, -0.15) is 0 Å². The van der Waals surface area contributed by atoms with E-state index in [1.807, 2.05) is 0 Å². The van der Waals surface area contributed by atoms with E-state index in [9.17, 15) is 0 Å². The molecule has 0 radical (unpaired) electrons. The fraction of sp³-hybridized carbons (Fsp3) is 0. The van der Waals surface area contributed by atoms with Gasteiger partial charge in [0.25, 0.3) is 0 Å². The number of furan rings is 1. The van der Waals surface area contributed by atoms with Crippen molar-refractivity contribution in [2.24, 2.45) is 0 Å². The summed E-state index contributed by atoms with van der Waals surface area (Å²) in [7, 11) is 0. The molecule has 0 amide bonds. The molecular formula is C50H33NO. The quantitative estimate of drug-likeness (QED) is 0.176. The molecule has 1 heterocycles. The van der Waals surface area contributed by atoms with Crippen molar-refractivity contribution in [3.63, 3.8) is 0 Å². The van der Waals surface area contributed by atoms with E-state index < -0.39 is 0 Å². The first kappa shape index (κ1) is 30.0. The summed E-state index contributed by atoms with van der Waals surface area (Å²) in [6, 6.07) is 71.7. The summed E-state index contributed by atoms with van der Waals surface area (Å²) in [6.07, 6.45) is 0. The van der Waals surface area contributed by atoms with Gasteiger partial charge in [-0.1, -0.05) is 146 Å². The largest absolute Gasteiger partial charge is 0.455 e. The molecule has 2 nitrogen and oxygen atoms in total. The molecule has 10 aromatic rings. The fourth-order valence-corrected chi connectivity index (χ4v) is 7.74. The summed E-state index contributed by atoms with van der Waals surface area (Å²) in [5.41, 5.74) is 12.3. The molecule has 0 N–H and O–H groups in total. The van der Waals surface area contributed by atoms with E-state index in [4.69, 9.17) is 4.42 Å². The summed E-state index contributed by atoms with van der Waals surface area (Å²) in [5.74, 6) is 0. The zero-order chi connectivity index (χ0) is 34.4. The fourth-order valence-electron chi connectivity index (χ4n) is 7.74. The average Bonchev–Trinajstić information content (AvgIpc) is 3.60. The van der Waals surface area contributed by atoms with Crippen LogP contribution in [-0.2, 0) is 0 Å². The third-order valence-corrected chi connectivity index (χ3v) is 10.3. The molecule has 0 aliphatic heterocycles. The van der Waals surface area contributed by atoms with Crippen LogP contribution in [0.4, 0.5) is 17.1 Å². The number of para-hydroxylation sites is 2. The third kappa shape index (κ3) is 5.12. The van der Waals surface area contributed by atoms with Crippen molar-refractivity contribution in [1.82, 2.24) is 0 Å². The van der Waals surface area contributed by atoms with Gasteiger partial charge in [0.15, 0.2) is 0 Å². The van der Waals surface area contributed by atoms with Gasteiger partial charge in [0.1, 0.15) is 11.2 Å². The Morgan fingerprint density at radius 3 is 1.81 bits per heavy atom. The number of rotatable bonds is 6. The summed E-state index contributed by atoms with van der Waals surface area (Å²) >= 11 is 0. The van der Waals surface area contributed by atoms with Crippen LogP contribution < -0.4 is 4.90 Å². The molecule has 52 heavy (non-hydrogen) atoms.